The Morgan fingerprint density at radius 2 is 0.696 bits per heavy atom. The lowest BCUT2D eigenvalue weighted by Crippen LogP contribution is -2.69. The van der Waals surface area contributed by atoms with Crippen LogP contribution in [0.15, 0.2) is 78.4 Å². The summed E-state index contributed by atoms with van der Waals surface area (Å²) in [5, 5.41) is 4.69. The van der Waals surface area contributed by atoms with Gasteiger partial charge in [-0.1, -0.05) is 177 Å². The highest BCUT2D eigenvalue weighted by molar-refractivity contribution is 7.13. The van der Waals surface area contributed by atoms with Crippen molar-refractivity contribution in [3.05, 3.63) is 112 Å². The van der Waals surface area contributed by atoms with Crippen LogP contribution in [0.4, 0.5) is 0 Å². The lowest BCUT2D eigenvalue weighted by molar-refractivity contribution is 0.518. The highest BCUT2D eigenvalue weighted by Gasteiger charge is 2.47. The van der Waals surface area contributed by atoms with Crippen molar-refractivity contribution < 1.29 is 0 Å². The van der Waals surface area contributed by atoms with Gasteiger partial charge in [0.05, 0.1) is 0 Å². The highest BCUT2D eigenvalue weighted by atomic mass is 28.3. The van der Waals surface area contributed by atoms with Gasteiger partial charge in [0.2, 0.25) is 0 Å². The fraction of sp³-hybridized carbons (Fsp3) is 0.511. The number of hydrogen-bond acceptors (Lipinski definition) is 0. The van der Waals surface area contributed by atoms with Gasteiger partial charge in [0.25, 0.3) is 0 Å². The smallest absolute Gasteiger partial charge is 0.0790 e. The van der Waals surface area contributed by atoms with Gasteiger partial charge in [-0.3, -0.25) is 0 Å². The molecule has 0 amide bonds. The second-order valence-corrected chi connectivity index (χ2v) is 21.2. The summed E-state index contributed by atoms with van der Waals surface area (Å²) >= 11 is 0. The molecular formula is C45H64Si. The van der Waals surface area contributed by atoms with E-state index in [0.717, 1.165) is 0 Å². The van der Waals surface area contributed by atoms with Gasteiger partial charge in [-0.05, 0) is 95.4 Å². The van der Waals surface area contributed by atoms with E-state index < -0.39 is 8.07 Å². The monoisotopic (exact) mass is 632 g/mol. The molecule has 1 atom stereocenters. The van der Waals surface area contributed by atoms with E-state index in [2.05, 4.69) is 177 Å². The van der Waals surface area contributed by atoms with Gasteiger partial charge in [0.1, 0.15) is 0 Å². The van der Waals surface area contributed by atoms with E-state index in [1.54, 1.807) is 15.6 Å². The molecule has 1 unspecified atom stereocenters. The van der Waals surface area contributed by atoms with Crippen LogP contribution < -0.4 is 15.6 Å². The summed E-state index contributed by atoms with van der Waals surface area (Å²) in [4.78, 5) is 0. The molecule has 46 heavy (non-hydrogen) atoms. The quantitative estimate of drug-likeness (QED) is 0.154. The average molecular weight is 633 g/mol. The Labute approximate surface area is 284 Å². The van der Waals surface area contributed by atoms with Crippen LogP contribution in [0.1, 0.15) is 173 Å². The van der Waals surface area contributed by atoms with E-state index in [1.165, 1.54) is 39.0 Å². The van der Waals surface area contributed by atoms with Crippen molar-refractivity contribution in [3.63, 3.8) is 0 Å². The van der Waals surface area contributed by atoms with Gasteiger partial charge >= 0.3 is 0 Å². The van der Waals surface area contributed by atoms with Crippen molar-refractivity contribution in [2.24, 2.45) is 5.41 Å². The third-order valence-electron chi connectivity index (χ3n) is 10.5. The van der Waals surface area contributed by atoms with Crippen molar-refractivity contribution in [2.45, 2.75) is 145 Å². The minimum Gasteiger partial charge on any atom is -0.0790 e. The van der Waals surface area contributed by atoms with Crippen LogP contribution in [0.5, 0.6) is 0 Å². The number of rotatable bonds is 10. The first-order valence-electron chi connectivity index (χ1n) is 18.2. The fourth-order valence-corrected chi connectivity index (χ4v) is 12.4. The zero-order chi connectivity index (χ0) is 34.3. The van der Waals surface area contributed by atoms with Crippen molar-refractivity contribution >= 4 is 23.6 Å². The van der Waals surface area contributed by atoms with E-state index in [9.17, 15) is 0 Å². The van der Waals surface area contributed by atoms with Crippen LogP contribution >= 0.6 is 0 Å². The third kappa shape index (κ3) is 7.25. The molecule has 1 heteroatoms. The largest absolute Gasteiger partial charge is 0.158 e. The maximum absolute atomic E-state index is 2.74. The highest BCUT2D eigenvalue weighted by Crippen LogP contribution is 2.40. The SMILES string of the molecule is CC(C)c1cc(C(C)C)cc([Si](c2cc(C(C)C)cc(C(C)C)c2)(c2cc(C(C)C)cc(C(C)C)c2)C2C=CC(C(C)(C)C)=C2)c1. The van der Waals surface area contributed by atoms with Crippen LogP contribution in [0, 0.1) is 5.41 Å². The molecule has 1 aliphatic carbocycles. The van der Waals surface area contributed by atoms with Crippen molar-refractivity contribution in [1.29, 1.82) is 0 Å². The maximum atomic E-state index is 2.68. The number of benzene rings is 3. The first-order chi connectivity index (χ1) is 21.4. The predicted molar refractivity (Wildman–Crippen MR) is 209 cm³/mol. The van der Waals surface area contributed by atoms with E-state index in [0.29, 0.717) is 41.0 Å². The zero-order valence-electron chi connectivity index (χ0n) is 32.0. The summed E-state index contributed by atoms with van der Waals surface area (Å²) in [6, 6.07) is 23.3. The average Bonchev–Trinajstić information content (AvgIpc) is 3.48. The van der Waals surface area contributed by atoms with Crippen molar-refractivity contribution in [3.8, 4) is 0 Å². The van der Waals surface area contributed by atoms with E-state index in [-0.39, 0.29) is 5.41 Å². The lowest BCUT2D eigenvalue weighted by atomic mass is 9.87. The first kappa shape index (κ1) is 36.2. The minimum atomic E-state index is -2.74. The van der Waals surface area contributed by atoms with Gasteiger partial charge in [-0.25, -0.2) is 0 Å². The van der Waals surface area contributed by atoms with Crippen molar-refractivity contribution in [2.75, 3.05) is 0 Å². The Hall–Kier alpha value is -2.64. The number of hydrogen-bond donors (Lipinski definition) is 0. The lowest BCUT2D eigenvalue weighted by Gasteiger charge is -2.40. The van der Waals surface area contributed by atoms with Gasteiger partial charge < -0.3 is 0 Å². The zero-order valence-corrected chi connectivity index (χ0v) is 33.0. The molecule has 0 saturated carbocycles. The molecule has 0 aromatic heterocycles. The summed E-state index contributed by atoms with van der Waals surface area (Å²) in [5.41, 5.74) is 10.7. The number of allylic oxidation sites excluding steroid dienone is 4. The van der Waals surface area contributed by atoms with Gasteiger partial charge in [0, 0.05) is 5.54 Å². The van der Waals surface area contributed by atoms with Crippen LogP contribution in [-0.4, -0.2) is 8.07 Å². The van der Waals surface area contributed by atoms with Crippen molar-refractivity contribution in [1.82, 2.24) is 0 Å². The predicted octanol–water partition coefficient (Wildman–Crippen LogP) is 11.8. The summed E-state index contributed by atoms with van der Waals surface area (Å²) in [6.07, 6.45) is 7.74. The molecule has 3 aromatic rings. The van der Waals surface area contributed by atoms with E-state index in [1.807, 2.05) is 0 Å². The molecule has 0 radical (unpaired) electrons. The second-order valence-electron chi connectivity index (χ2n) is 17.2. The summed E-state index contributed by atoms with van der Waals surface area (Å²) in [6.45, 7) is 35.5. The molecule has 0 fully saturated rings. The Balaban J connectivity index is 2.34. The summed E-state index contributed by atoms with van der Waals surface area (Å²) in [5.74, 6) is 2.78. The molecule has 0 heterocycles. The van der Waals surface area contributed by atoms with Crippen LogP contribution in [0.2, 0.25) is 5.54 Å². The van der Waals surface area contributed by atoms with Crippen LogP contribution in [0.25, 0.3) is 0 Å². The molecule has 1 aliphatic rings. The first-order valence-corrected chi connectivity index (χ1v) is 20.3. The van der Waals surface area contributed by atoms with E-state index in [4.69, 9.17) is 0 Å². The fourth-order valence-electron chi connectivity index (χ4n) is 7.07. The van der Waals surface area contributed by atoms with Gasteiger partial charge in [0.15, 0.2) is 8.07 Å². The topological polar surface area (TPSA) is 0 Å². The molecule has 0 N–H and O–H groups in total. The molecule has 0 spiro atoms. The normalized spacial score (nSPS) is 15.8. The van der Waals surface area contributed by atoms with E-state index >= 15 is 0 Å². The Morgan fingerprint density at radius 3 is 0.891 bits per heavy atom. The molecule has 3 aromatic carbocycles. The molecule has 0 nitrogen and oxygen atoms in total. The molecule has 0 bridgehead atoms. The molecule has 248 valence electrons. The standard InChI is InChI=1S/C45H64Si/c1-28(2)34-18-35(29(3)4)22-42(21-34)46(41-17-16-40(27-41)45(13,14)15,43-23-36(30(5)6)19-37(24-43)31(7)8)44-25-38(32(9)10)20-39(26-44)33(11)12/h16-33,41H,1-15H3. The molecule has 0 aliphatic heterocycles. The van der Waals surface area contributed by atoms with Crippen LogP contribution in [0.3, 0.4) is 0 Å². The molecular weight excluding hydrogens is 569 g/mol. The van der Waals surface area contributed by atoms with Gasteiger partial charge in [-0.2, -0.15) is 0 Å². The summed E-state index contributed by atoms with van der Waals surface area (Å²) in [7, 11) is -2.74. The molecule has 0 saturated heterocycles. The summed E-state index contributed by atoms with van der Waals surface area (Å²) < 4.78 is 0. The minimum absolute atomic E-state index is 0.0972. The second kappa shape index (κ2) is 13.8. The van der Waals surface area contributed by atoms with Crippen LogP contribution in [-0.2, 0) is 0 Å². The Kier molecular flexibility index (Phi) is 10.9. The van der Waals surface area contributed by atoms with Gasteiger partial charge in [-0.15, -0.1) is 0 Å². The Morgan fingerprint density at radius 1 is 0.435 bits per heavy atom. The Bertz CT molecular complexity index is 1350. The third-order valence-corrected chi connectivity index (χ3v) is 15.5. The maximum Gasteiger partial charge on any atom is 0.158 e. The molecule has 4 rings (SSSR count).